The number of nitrogens with zero attached hydrogens (tertiary/aromatic N) is 1. The van der Waals surface area contributed by atoms with Crippen LogP contribution in [0, 0.1) is 17.8 Å². The summed E-state index contributed by atoms with van der Waals surface area (Å²) in [5.41, 5.74) is 1.97. The topological polar surface area (TPSA) is 42.0 Å². The van der Waals surface area contributed by atoms with Crippen LogP contribution < -0.4 is 5.32 Å². The molecular weight excluding hydrogens is 315 g/mol. The van der Waals surface area contributed by atoms with Crippen LogP contribution in [0.3, 0.4) is 0 Å². The quantitative estimate of drug-likeness (QED) is 0.901. The third-order valence-corrected chi connectivity index (χ3v) is 6.58. The maximum absolute atomic E-state index is 12.9. The molecule has 2 aromatic rings. The van der Waals surface area contributed by atoms with Crippen molar-refractivity contribution in [2.75, 3.05) is 0 Å². The molecule has 130 valence electrons. The Hall–Kier alpha value is -1.97. The predicted molar refractivity (Wildman–Crippen MR) is 94.9 cm³/mol. The van der Waals surface area contributed by atoms with E-state index in [2.05, 4.69) is 10.3 Å². The van der Waals surface area contributed by atoms with Gasteiger partial charge in [-0.2, -0.15) is 0 Å². The van der Waals surface area contributed by atoms with Crippen molar-refractivity contribution in [1.82, 2.24) is 10.3 Å². The Bertz CT molecular complexity index is 812. The average Bonchev–Trinajstić information content (AvgIpc) is 2.59. The molecule has 1 aromatic carbocycles. The molecule has 6 rings (SSSR count). The molecule has 1 heterocycles. The van der Waals surface area contributed by atoms with Gasteiger partial charge in [0.1, 0.15) is 6.67 Å². The number of alkyl halides is 1. The van der Waals surface area contributed by atoms with Crippen molar-refractivity contribution < 1.29 is 9.18 Å². The van der Waals surface area contributed by atoms with E-state index in [4.69, 9.17) is 0 Å². The van der Waals surface area contributed by atoms with Crippen molar-refractivity contribution in [3.05, 3.63) is 41.6 Å². The second-order valence-electron chi connectivity index (χ2n) is 8.54. The molecule has 0 unspecified atom stereocenters. The number of rotatable bonds is 3. The first-order valence-electron chi connectivity index (χ1n) is 9.40. The van der Waals surface area contributed by atoms with Crippen molar-refractivity contribution in [1.29, 1.82) is 0 Å². The van der Waals surface area contributed by atoms with Crippen LogP contribution in [0.25, 0.3) is 10.9 Å². The minimum atomic E-state index is -0.494. The van der Waals surface area contributed by atoms with E-state index in [0.29, 0.717) is 11.1 Å². The Balaban J connectivity index is 1.40. The largest absolute Gasteiger partial charge is 0.347 e. The summed E-state index contributed by atoms with van der Waals surface area (Å²) in [4.78, 5) is 17.3. The number of halogens is 1. The van der Waals surface area contributed by atoms with Crippen molar-refractivity contribution in [3.8, 4) is 0 Å². The smallest absolute Gasteiger partial charge is 0.253 e. The fourth-order valence-electron chi connectivity index (χ4n) is 5.95. The zero-order valence-corrected chi connectivity index (χ0v) is 14.3. The Kier molecular flexibility index (Phi) is 3.37. The second kappa shape index (κ2) is 5.52. The van der Waals surface area contributed by atoms with E-state index in [9.17, 15) is 9.18 Å². The van der Waals surface area contributed by atoms with Crippen molar-refractivity contribution >= 4 is 16.8 Å². The van der Waals surface area contributed by atoms with E-state index in [1.54, 1.807) is 18.3 Å². The molecule has 1 aromatic heterocycles. The molecule has 0 atom stereocenters. The van der Waals surface area contributed by atoms with E-state index >= 15 is 0 Å². The summed E-state index contributed by atoms with van der Waals surface area (Å²) in [5, 5.41) is 4.27. The molecule has 4 bridgehead atoms. The minimum absolute atomic E-state index is 0.00841. The van der Waals surface area contributed by atoms with Crippen LogP contribution in [-0.4, -0.2) is 16.4 Å². The van der Waals surface area contributed by atoms with E-state index < -0.39 is 6.67 Å². The lowest BCUT2D eigenvalue weighted by atomic mass is 9.53. The molecule has 1 amide bonds. The van der Waals surface area contributed by atoms with Crippen LogP contribution >= 0.6 is 0 Å². The van der Waals surface area contributed by atoms with Crippen molar-refractivity contribution in [2.24, 2.45) is 17.8 Å². The summed E-state index contributed by atoms with van der Waals surface area (Å²) in [6, 6.07) is 7.22. The number of fused-ring (bicyclic) bond motifs is 1. The molecule has 4 heteroatoms. The molecule has 1 N–H and O–H groups in total. The van der Waals surface area contributed by atoms with Gasteiger partial charge in [0.15, 0.2) is 0 Å². The minimum Gasteiger partial charge on any atom is -0.347 e. The maximum atomic E-state index is 12.9. The third kappa shape index (κ3) is 2.62. The van der Waals surface area contributed by atoms with Gasteiger partial charge in [0, 0.05) is 17.1 Å². The van der Waals surface area contributed by atoms with Crippen LogP contribution in [0.4, 0.5) is 4.39 Å². The Morgan fingerprint density at radius 3 is 2.44 bits per heavy atom. The second-order valence-corrected chi connectivity index (χ2v) is 8.54. The number of carbonyl (C=O) groups excluding carboxylic acids is 1. The zero-order chi connectivity index (χ0) is 17.0. The van der Waals surface area contributed by atoms with Crippen LogP contribution in [0.15, 0.2) is 30.5 Å². The first-order valence-corrected chi connectivity index (χ1v) is 9.40. The highest BCUT2D eigenvalue weighted by molar-refractivity contribution is 5.97. The van der Waals surface area contributed by atoms with E-state index in [0.717, 1.165) is 47.9 Å². The van der Waals surface area contributed by atoms with E-state index in [-0.39, 0.29) is 11.4 Å². The number of aromatic nitrogens is 1. The van der Waals surface area contributed by atoms with Gasteiger partial charge in [-0.3, -0.25) is 9.78 Å². The SMILES string of the molecule is O=C(NC12CC3CC(CC(C3)C1)C2)c1cnc2cc(CF)ccc2c1. The standard InChI is InChI=1S/C21H23FN2O/c22-11-13-1-2-17-7-18(12-23-19(17)6-13)20(25)24-21-8-14-3-15(9-21)5-16(4-14)10-21/h1-2,6-7,12,14-16H,3-5,8-11H2,(H,24,25). The zero-order valence-electron chi connectivity index (χ0n) is 14.3. The van der Waals surface area contributed by atoms with Gasteiger partial charge < -0.3 is 5.32 Å². The number of amides is 1. The summed E-state index contributed by atoms with van der Waals surface area (Å²) in [7, 11) is 0. The number of nitrogens with one attached hydrogen (secondary N) is 1. The summed E-state index contributed by atoms with van der Waals surface area (Å²) >= 11 is 0. The van der Waals surface area contributed by atoms with Crippen LogP contribution in [0.1, 0.15) is 54.4 Å². The van der Waals surface area contributed by atoms with Gasteiger partial charge in [0.2, 0.25) is 0 Å². The molecule has 3 nitrogen and oxygen atoms in total. The van der Waals surface area contributed by atoms with Crippen LogP contribution in [-0.2, 0) is 6.67 Å². The Labute approximate surface area is 147 Å². The highest BCUT2D eigenvalue weighted by Gasteiger charge is 2.51. The Morgan fingerprint density at radius 1 is 1.12 bits per heavy atom. The third-order valence-electron chi connectivity index (χ3n) is 6.58. The number of carbonyl (C=O) groups is 1. The number of hydrogen-bond acceptors (Lipinski definition) is 2. The summed E-state index contributed by atoms with van der Waals surface area (Å²) in [6.07, 6.45) is 9.15. The molecule has 0 spiro atoms. The van der Waals surface area contributed by atoms with Gasteiger partial charge >= 0.3 is 0 Å². The highest BCUT2D eigenvalue weighted by atomic mass is 19.1. The summed E-state index contributed by atoms with van der Waals surface area (Å²) in [6.45, 7) is -0.494. The summed E-state index contributed by atoms with van der Waals surface area (Å²) in [5.74, 6) is 2.41. The van der Waals surface area contributed by atoms with Gasteiger partial charge in [-0.15, -0.1) is 0 Å². The number of benzene rings is 1. The maximum Gasteiger partial charge on any atom is 0.253 e. The fraction of sp³-hybridized carbons (Fsp3) is 0.524. The normalized spacial score (nSPS) is 32.9. The lowest BCUT2D eigenvalue weighted by molar-refractivity contribution is -0.0167. The highest BCUT2D eigenvalue weighted by Crippen LogP contribution is 2.55. The van der Waals surface area contributed by atoms with E-state index in [1.165, 1.54) is 19.3 Å². The molecule has 4 saturated carbocycles. The van der Waals surface area contributed by atoms with Crippen LogP contribution in [0.2, 0.25) is 0 Å². The molecule has 4 fully saturated rings. The lowest BCUT2D eigenvalue weighted by Gasteiger charge is -2.56. The van der Waals surface area contributed by atoms with Crippen molar-refractivity contribution in [2.45, 2.75) is 50.7 Å². The molecule has 4 aliphatic rings. The van der Waals surface area contributed by atoms with Gasteiger partial charge in [-0.05, 0) is 74.0 Å². The van der Waals surface area contributed by atoms with Gasteiger partial charge in [-0.1, -0.05) is 12.1 Å². The number of pyridine rings is 1. The molecule has 25 heavy (non-hydrogen) atoms. The molecule has 0 radical (unpaired) electrons. The first kappa shape index (κ1) is 15.3. The first-order chi connectivity index (χ1) is 12.1. The van der Waals surface area contributed by atoms with Crippen molar-refractivity contribution in [3.63, 3.8) is 0 Å². The molecule has 0 saturated heterocycles. The molecule has 0 aliphatic heterocycles. The van der Waals surface area contributed by atoms with Gasteiger partial charge in [0.25, 0.3) is 5.91 Å². The Morgan fingerprint density at radius 2 is 1.80 bits per heavy atom. The molecular formula is C21H23FN2O. The average molecular weight is 338 g/mol. The van der Waals surface area contributed by atoms with E-state index in [1.807, 2.05) is 12.1 Å². The van der Waals surface area contributed by atoms with Crippen LogP contribution in [0.5, 0.6) is 0 Å². The predicted octanol–water partition coefficient (Wildman–Crippen LogP) is 4.40. The lowest BCUT2D eigenvalue weighted by Crippen LogP contribution is -2.59. The van der Waals surface area contributed by atoms with Gasteiger partial charge in [-0.25, -0.2) is 4.39 Å². The molecule has 4 aliphatic carbocycles. The summed E-state index contributed by atoms with van der Waals surface area (Å²) < 4.78 is 12.8. The monoisotopic (exact) mass is 338 g/mol. The fourth-order valence-corrected chi connectivity index (χ4v) is 5.95. The number of hydrogen-bond donors (Lipinski definition) is 1. The van der Waals surface area contributed by atoms with Gasteiger partial charge in [0.05, 0.1) is 11.1 Å².